The molecule has 1 rings (SSSR count). The Morgan fingerprint density at radius 1 is 0.824 bits per heavy atom. The molecular weight excluding hydrogens is 232 g/mol. The van der Waals surface area contributed by atoms with E-state index >= 15 is 0 Å². The van der Waals surface area contributed by atoms with E-state index in [2.05, 4.69) is 0 Å². The molecule has 17 heavy (non-hydrogen) atoms. The van der Waals surface area contributed by atoms with Gasteiger partial charge in [0.1, 0.15) is 0 Å². The van der Waals surface area contributed by atoms with Crippen LogP contribution in [0, 0.1) is 0 Å². The average molecular weight is 246 g/mol. The first-order valence-electron chi connectivity index (χ1n) is 4.31. The van der Waals surface area contributed by atoms with Crippen LogP contribution in [0.2, 0.25) is 0 Å². The number of hydrogen-bond acceptors (Lipinski definition) is 4. The summed E-state index contributed by atoms with van der Waals surface area (Å²) >= 11 is 0. The highest BCUT2D eigenvalue weighted by atomic mass is 16.4. The molecule has 6 N–H and O–H groups in total. The predicted molar refractivity (Wildman–Crippen MR) is 58.1 cm³/mol. The Morgan fingerprint density at radius 2 is 1.06 bits per heavy atom. The van der Waals surface area contributed by atoms with Crippen molar-refractivity contribution in [1.82, 2.24) is 0 Å². The summed E-state index contributed by atoms with van der Waals surface area (Å²) in [7, 11) is 0. The van der Waals surface area contributed by atoms with Gasteiger partial charge in [0, 0.05) is 0 Å². The van der Waals surface area contributed by atoms with Gasteiger partial charge in [0.2, 0.25) is 0 Å². The molecule has 0 unspecified atom stereocenters. The van der Waals surface area contributed by atoms with Crippen LogP contribution in [0.25, 0.3) is 0 Å². The Labute approximate surface area is 96.9 Å². The van der Waals surface area contributed by atoms with Crippen LogP contribution in [0.5, 0.6) is 0 Å². The van der Waals surface area contributed by atoms with Crippen LogP contribution in [-0.4, -0.2) is 51.1 Å². The van der Waals surface area contributed by atoms with Crippen molar-refractivity contribution in [2.75, 3.05) is 13.2 Å². The third-order valence-corrected chi connectivity index (χ3v) is 1.48. The van der Waals surface area contributed by atoms with Gasteiger partial charge in [-0.15, -0.1) is 0 Å². The maximum absolute atomic E-state index is 10.3. The maximum Gasteiger partial charge on any atom is 0.335 e. The third-order valence-electron chi connectivity index (χ3n) is 1.48. The van der Waals surface area contributed by atoms with Crippen LogP contribution < -0.4 is 0 Å². The van der Waals surface area contributed by atoms with E-state index in [1.165, 1.54) is 24.3 Å². The van der Waals surface area contributed by atoms with Crippen LogP contribution in [0.15, 0.2) is 24.3 Å². The highest BCUT2D eigenvalue weighted by molar-refractivity contribution is 5.91. The summed E-state index contributed by atoms with van der Waals surface area (Å²) in [6.07, 6.45) is 0. The van der Waals surface area contributed by atoms with E-state index in [0.717, 1.165) is 0 Å². The van der Waals surface area contributed by atoms with Crippen LogP contribution >= 0.6 is 0 Å². The zero-order valence-electron chi connectivity index (χ0n) is 8.83. The number of carboxylic acids is 2. The monoisotopic (exact) mass is 246 g/mol. The molecular formula is C10H14O7. The molecule has 0 aliphatic rings. The number of benzene rings is 1. The zero-order valence-corrected chi connectivity index (χ0v) is 8.83. The lowest BCUT2D eigenvalue weighted by Crippen LogP contribution is -1.99. The van der Waals surface area contributed by atoms with Crippen LogP contribution in [0.4, 0.5) is 0 Å². The molecule has 0 atom stereocenters. The second-order valence-electron chi connectivity index (χ2n) is 2.63. The molecule has 0 radical (unpaired) electrons. The molecule has 0 saturated carbocycles. The van der Waals surface area contributed by atoms with Gasteiger partial charge >= 0.3 is 11.9 Å². The molecule has 0 aliphatic carbocycles. The Hall–Kier alpha value is -1.96. The van der Waals surface area contributed by atoms with E-state index in [-0.39, 0.29) is 29.8 Å². The lowest BCUT2D eigenvalue weighted by molar-refractivity contribution is 0.0681. The van der Waals surface area contributed by atoms with E-state index in [9.17, 15) is 9.59 Å². The van der Waals surface area contributed by atoms with Crippen LogP contribution in [0.1, 0.15) is 20.7 Å². The Kier molecular flexibility index (Phi) is 9.52. The second kappa shape index (κ2) is 9.28. The zero-order chi connectivity index (χ0) is 12.6. The summed E-state index contributed by atoms with van der Waals surface area (Å²) in [4.78, 5) is 20.7. The summed E-state index contributed by atoms with van der Waals surface area (Å²) < 4.78 is 0. The minimum atomic E-state index is -1.06. The molecule has 0 saturated heterocycles. The SMILES string of the molecule is O.O=C(O)c1ccc(C(=O)O)cc1.OCCO. The smallest absolute Gasteiger partial charge is 0.335 e. The molecule has 0 heterocycles. The van der Waals surface area contributed by atoms with Gasteiger partial charge in [0.25, 0.3) is 0 Å². The normalized spacial score (nSPS) is 8.35. The minimum Gasteiger partial charge on any atom is -0.478 e. The summed E-state index contributed by atoms with van der Waals surface area (Å²) in [5.74, 6) is -2.13. The molecule has 0 amide bonds. The van der Waals surface area contributed by atoms with Crippen molar-refractivity contribution in [3.63, 3.8) is 0 Å². The molecule has 0 aliphatic heterocycles. The van der Waals surface area contributed by atoms with E-state index in [1.807, 2.05) is 0 Å². The number of aliphatic hydroxyl groups excluding tert-OH is 2. The number of rotatable bonds is 3. The van der Waals surface area contributed by atoms with Gasteiger partial charge in [-0.1, -0.05) is 0 Å². The molecule has 7 heteroatoms. The number of aromatic carboxylic acids is 2. The van der Waals surface area contributed by atoms with Crippen molar-refractivity contribution in [2.24, 2.45) is 0 Å². The third kappa shape index (κ3) is 7.01. The van der Waals surface area contributed by atoms with Gasteiger partial charge in [-0.3, -0.25) is 0 Å². The number of carbonyl (C=O) groups is 2. The van der Waals surface area contributed by atoms with Gasteiger partial charge in [-0.05, 0) is 24.3 Å². The predicted octanol–water partition coefficient (Wildman–Crippen LogP) is -0.771. The van der Waals surface area contributed by atoms with Gasteiger partial charge in [0.05, 0.1) is 24.3 Å². The molecule has 0 fully saturated rings. The summed E-state index contributed by atoms with van der Waals surface area (Å²) in [6.45, 7) is -0.250. The van der Waals surface area contributed by atoms with Crippen molar-refractivity contribution in [2.45, 2.75) is 0 Å². The minimum absolute atomic E-state index is 0. The second-order valence-corrected chi connectivity index (χ2v) is 2.63. The van der Waals surface area contributed by atoms with Crippen molar-refractivity contribution in [1.29, 1.82) is 0 Å². The van der Waals surface area contributed by atoms with Crippen molar-refractivity contribution in [3.05, 3.63) is 35.4 Å². The van der Waals surface area contributed by atoms with Gasteiger partial charge in [0.15, 0.2) is 0 Å². The van der Waals surface area contributed by atoms with Crippen molar-refractivity contribution >= 4 is 11.9 Å². The van der Waals surface area contributed by atoms with Crippen LogP contribution in [0.3, 0.4) is 0 Å². The lowest BCUT2D eigenvalue weighted by atomic mass is 10.1. The lowest BCUT2D eigenvalue weighted by Gasteiger charge is -1.94. The standard InChI is InChI=1S/C8H6O4.C2H6O2.H2O/c9-7(10)5-1-2-6(4-3-5)8(11)12;3-1-2-4;/h1-4H,(H,9,10)(H,11,12);3-4H,1-2H2;1H2. The molecule has 0 spiro atoms. The highest BCUT2D eigenvalue weighted by Gasteiger charge is 2.04. The van der Waals surface area contributed by atoms with Crippen molar-refractivity contribution < 1.29 is 35.5 Å². The Bertz CT molecular complexity index is 309. The van der Waals surface area contributed by atoms with Crippen molar-refractivity contribution in [3.8, 4) is 0 Å². The number of aliphatic hydroxyl groups is 2. The Morgan fingerprint density at radius 3 is 1.18 bits per heavy atom. The summed E-state index contributed by atoms with van der Waals surface area (Å²) in [5, 5.41) is 32.2. The van der Waals surface area contributed by atoms with Gasteiger partial charge in [-0.25, -0.2) is 9.59 Å². The molecule has 1 aromatic rings. The van der Waals surface area contributed by atoms with E-state index in [0.29, 0.717) is 0 Å². The fourth-order valence-electron chi connectivity index (χ4n) is 0.755. The fraction of sp³-hybridized carbons (Fsp3) is 0.200. The van der Waals surface area contributed by atoms with E-state index in [1.54, 1.807) is 0 Å². The molecule has 1 aromatic carbocycles. The Balaban J connectivity index is 0. The highest BCUT2D eigenvalue weighted by Crippen LogP contribution is 2.03. The van der Waals surface area contributed by atoms with Crippen LogP contribution in [-0.2, 0) is 0 Å². The summed E-state index contributed by atoms with van der Waals surface area (Å²) in [6, 6.07) is 5.02. The quantitative estimate of drug-likeness (QED) is 0.550. The molecule has 96 valence electrons. The molecule has 0 aromatic heterocycles. The van der Waals surface area contributed by atoms with E-state index in [4.69, 9.17) is 20.4 Å². The first-order chi connectivity index (χ1) is 7.52. The first kappa shape index (κ1) is 17.4. The largest absolute Gasteiger partial charge is 0.478 e. The molecule has 7 nitrogen and oxygen atoms in total. The maximum atomic E-state index is 10.3. The van der Waals surface area contributed by atoms with Gasteiger partial charge < -0.3 is 25.9 Å². The summed E-state index contributed by atoms with van der Waals surface area (Å²) in [5.41, 5.74) is 0.167. The topological polar surface area (TPSA) is 147 Å². The van der Waals surface area contributed by atoms with Gasteiger partial charge in [-0.2, -0.15) is 0 Å². The number of hydrogen-bond donors (Lipinski definition) is 4. The number of carboxylic acid groups (broad SMARTS) is 2. The fourth-order valence-corrected chi connectivity index (χ4v) is 0.755. The first-order valence-corrected chi connectivity index (χ1v) is 4.31. The van der Waals surface area contributed by atoms with E-state index < -0.39 is 11.9 Å². The average Bonchev–Trinajstić information content (AvgIpc) is 2.29. The molecule has 0 bridgehead atoms.